The van der Waals surface area contributed by atoms with Crippen LogP contribution >= 0.6 is 7.82 Å². The summed E-state index contributed by atoms with van der Waals surface area (Å²) in [5, 5.41) is 27.7. The molecule has 1 unspecified atom stereocenters. The molecule has 0 saturated carbocycles. The highest BCUT2D eigenvalue weighted by atomic mass is 31.2. The monoisotopic (exact) mass is 396 g/mol. The predicted octanol–water partition coefficient (Wildman–Crippen LogP) is -2.02. The quantitative estimate of drug-likeness (QED) is 0.308. The fourth-order valence-corrected chi connectivity index (χ4v) is 3.04. The van der Waals surface area contributed by atoms with Crippen LogP contribution in [0.1, 0.15) is 18.2 Å². The number of aryl methyl sites for hydroxylation is 1. The van der Waals surface area contributed by atoms with Gasteiger partial charge < -0.3 is 24.9 Å². The molecule has 0 aromatic carbocycles. The lowest BCUT2D eigenvalue weighted by Gasteiger charge is -2.18. The van der Waals surface area contributed by atoms with Crippen molar-refractivity contribution in [2.75, 3.05) is 19.8 Å². The summed E-state index contributed by atoms with van der Waals surface area (Å²) < 4.78 is 27.4. The number of rotatable bonds is 8. The number of ether oxygens (including phenoxy) is 1. The van der Waals surface area contributed by atoms with E-state index in [0.717, 1.165) is 4.57 Å². The SMILES string of the molecule is Cc1cn([C@H]2C[C@H](O)[C@@H](COP(=O)(O)OC[C@H](O)CO)O2)c(=O)[nH]c1=O. The van der Waals surface area contributed by atoms with E-state index >= 15 is 0 Å². The van der Waals surface area contributed by atoms with Crippen molar-refractivity contribution >= 4 is 7.82 Å². The van der Waals surface area contributed by atoms with E-state index < -0.39 is 63.4 Å². The molecule has 1 aromatic heterocycles. The van der Waals surface area contributed by atoms with Gasteiger partial charge in [-0.05, 0) is 6.92 Å². The first-order chi connectivity index (χ1) is 12.1. The molecule has 2 heterocycles. The number of phosphoric ester groups is 1. The molecular formula is C13H21N2O10P. The summed E-state index contributed by atoms with van der Waals surface area (Å²) >= 11 is 0. The van der Waals surface area contributed by atoms with Gasteiger partial charge in [0.1, 0.15) is 18.4 Å². The Hall–Kier alpha value is -1.37. The summed E-state index contributed by atoms with van der Waals surface area (Å²) in [5.74, 6) is 0. The molecule has 148 valence electrons. The van der Waals surface area contributed by atoms with Crippen molar-refractivity contribution in [3.63, 3.8) is 0 Å². The second-order valence-corrected chi connectivity index (χ2v) is 7.26. The van der Waals surface area contributed by atoms with Crippen LogP contribution in [0.3, 0.4) is 0 Å². The van der Waals surface area contributed by atoms with E-state index in [1.807, 2.05) is 0 Å². The summed E-state index contributed by atoms with van der Waals surface area (Å²) in [5.41, 5.74) is -0.972. The maximum atomic E-state index is 11.9. The molecule has 1 aromatic rings. The number of aliphatic hydroxyl groups excluding tert-OH is 3. The Bertz CT molecular complexity index is 777. The molecule has 0 radical (unpaired) electrons. The van der Waals surface area contributed by atoms with Gasteiger partial charge in [0, 0.05) is 18.2 Å². The molecule has 1 aliphatic rings. The third-order valence-corrected chi connectivity index (χ3v) is 4.65. The smallest absolute Gasteiger partial charge is 0.394 e. The van der Waals surface area contributed by atoms with Gasteiger partial charge in [-0.25, -0.2) is 9.36 Å². The number of phosphoric acid groups is 1. The van der Waals surface area contributed by atoms with E-state index in [9.17, 15) is 24.2 Å². The van der Waals surface area contributed by atoms with Gasteiger partial charge >= 0.3 is 13.5 Å². The molecule has 5 N–H and O–H groups in total. The minimum absolute atomic E-state index is 0.000763. The standard InChI is InChI=1S/C13H21N2O10P/c1-7-3-15(13(20)14-12(7)19)11-2-9(18)10(25-11)6-24-26(21,22)23-5-8(17)4-16/h3,8-11,16-18H,2,4-6H2,1H3,(H,21,22)(H,14,19,20)/t8-,9+,10-,11-/m1/s1. The minimum Gasteiger partial charge on any atom is -0.394 e. The number of nitrogens with zero attached hydrogens (tertiary/aromatic N) is 1. The molecule has 1 saturated heterocycles. The topological polar surface area (TPSA) is 181 Å². The Morgan fingerprint density at radius 1 is 1.46 bits per heavy atom. The van der Waals surface area contributed by atoms with Crippen LogP contribution in [0, 0.1) is 6.92 Å². The third kappa shape index (κ3) is 5.32. The molecule has 0 bridgehead atoms. The zero-order chi connectivity index (χ0) is 19.5. The molecule has 0 aliphatic carbocycles. The lowest BCUT2D eigenvalue weighted by atomic mass is 10.2. The van der Waals surface area contributed by atoms with Crippen molar-refractivity contribution in [1.29, 1.82) is 0 Å². The highest BCUT2D eigenvalue weighted by Gasteiger charge is 2.37. The number of hydrogen-bond donors (Lipinski definition) is 5. The van der Waals surface area contributed by atoms with Crippen LogP contribution in [0.25, 0.3) is 0 Å². The molecular weight excluding hydrogens is 375 g/mol. The van der Waals surface area contributed by atoms with E-state index in [0.29, 0.717) is 0 Å². The number of H-pyrrole nitrogens is 1. The summed E-state index contributed by atoms with van der Waals surface area (Å²) in [6.45, 7) is -0.287. The zero-order valence-electron chi connectivity index (χ0n) is 13.8. The van der Waals surface area contributed by atoms with Crippen molar-refractivity contribution in [1.82, 2.24) is 9.55 Å². The van der Waals surface area contributed by atoms with Crippen molar-refractivity contribution in [2.24, 2.45) is 0 Å². The summed E-state index contributed by atoms with van der Waals surface area (Å²) in [6, 6.07) is 0. The Morgan fingerprint density at radius 2 is 2.15 bits per heavy atom. The highest BCUT2D eigenvalue weighted by Crippen LogP contribution is 2.44. The highest BCUT2D eigenvalue weighted by molar-refractivity contribution is 7.47. The van der Waals surface area contributed by atoms with Gasteiger partial charge in [-0.2, -0.15) is 0 Å². The molecule has 13 heteroatoms. The second kappa shape index (κ2) is 8.55. The Kier molecular flexibility index (Phi) is 6.88. The van der Waals surface area contributed by atoms with Crippen LogP contribution in [0.4, 0.5) is 0 Å². The average Bonchev–Trinajstić information content (AvgIpc) is 2.95. The number of aliphatic hydroxyl groups is 3. The van der Waals surface area contributed by atoms with E-state index in [1.165, 1.54) is 13.1 Å². The predicted molar refractivity (Wildman–Crippen MR) is 85.4 cm³/mol. The van der Waals surface area contributed by atoms with Crippen molar-refractivity contribution in [3.05, 3.63) is 32.6 Å². The van der Waals surface area contributed by atoms with Crippen LogP contribution in [-0.2, 0) is 18.3 Å². The maximum absolute atomic E-state index is 11.9. The molecule has 1 aliphatic heterocycles. The third-order valence-electron chi connectivity index (χ3n) is 3.70. The number of aromatic amines is 1. The number of nitrogens with one attached hydrogen (secondary N) is 1. The van der Waals surface area contributed by atoms with E-state index in [2.05, 4.69) is 9.51 Å². The van der Waals surface area contributed by atoms with Crippen LogP contribution in [0.5, 0.6) is 0 Å². The largest absolute Gasteiger partial charge is 0.472 e. The van der Waals surface area contributed by atoms with Gasteiger partial charge in [-0.3, -0.25) is 23.4 Å². The lowest BCUT2D eigenvalue weighted by molar-refractivity contribution is -0.0483. The van der Waals surface area contributed by atoms with Gasteiger partial charge in [-0.15, -0.1) is 0 Å². The van der Waals surface area contributed by atoms with Gasteiger partial charge in [0.25, 0.3) is 5.56 Å². The number of hydrogen-bond acceptors (Lipinski definition) is 9. The van der Waals surface area contributed by atoms with Crippen LogP contribution in [-0.4, -0.2) is 67.9 Å². The van der Waals surface area contributed by atoms with Crippen molar-refractivity contribution in [2.45, 2.75) is 37.9 Å². The van der Waals surface area contributed by atoms with Gasteiger partial charge in [-0.1, -0.05) is 0 Å². The molecule has 0 amide bonds. The van der Waals surface area contributed by atoms with Crippen molar-refractivity contribution in [3.8, 4) is 0 Å². The minimum atomic E-state index is -4.53. The van der Waals surface area contributed by atoms with Gasteiger partial charge in [0.05, 0.1) is 25.9 Å². The van der Waals surface area contributed by atoms with Crippen LogP contribution in [0.2, 0.25) is 0 Å². The molecule has 5 atom stereocenters. The number of aromatic nitrogens is 2. The van der Waals surface area contributed by atoms with E-state index in [-0.39, 0.29) is 12.0 Å². The van der Waals surface area contributed by atoms with Crippen molar-refractivity contribution < 1.29 is 38.6 Å². The summed E-state index contributed by atoms with van der Waals surface area (Å²) in [4.78, 5) is 34.8. The lowest BCUT2D eigenvalue weighted by Crippen LogP contribution is -2.33. The van der Waals surface area contributed by atoms with Crippen LogP contribution < -0.4 is 11.2 Å². The normalized spacial score (nSPS) is 26.6. The fourth-order valence-electron chi connectivity index (χ4n) is 2.27. The fraction of sp³-hybridized carbons (Fsp3) is 0.692. The van der Waals surface area contributed by atoms with E-state index in [1.54, 1.807) is 0 Å². The molecule has 2 rings (SSSR count). The zero-order valence-corrected chi connectivity index (χ0v) is 14.7. The summed E-state index contributed by atoms with van der Waals surface area (Å²) in [7, 11) is -4.53. The van der Waals surface area contributed by atoms with E-state index in [4.69, 9.17) is 19.5 Å². The molecule has 12 nitrogen and oxygen atoms in total. The molecule has 26 heavy (non-hydrogen) atoms. The first kappa shape index (κ1) is 20.9. The maximum Gasteiger partial charge on any atom is 0.472 e. The second-order valence-electron chi connectivity index (χ2n) is 5.81. The Labute approximate surface area is 147 Å². The Morgan fingerprint density at radius 3 is 2.81 bits per heavy atom. The van der Waals surface area contributed by atoms with Crippen LogP contribution in [0.15, 0.2) is 15.8 Å². The molecule has 0 spiro atoms. The summed E-state index contributed by atoms with van der Waals surface area (Å²) in [6.07, 6.45) is -3.06. The van der Waals surface area contributed by atoms with Gasteiger partial charge in [0.15, 0.2) is 0 Å². The average molecular weight is 396 g/mol. The molecule has 1 fully saturated rings. The first-order valence-corrected chi connectivity index (χ1v) is 9.19. The van der Waals surface area contributed by atoms with Gasteiger partial charge in [0.2, 0.25) is 0 Å². The first-order valence-electron chi connectivity index (χ1n) is 7.69. The Balaban J connectivity index is 1.97.